The molecule has 4 aromatic rings. The third-order valence-electron chi connectivity index (χ3n) is 3.69. The third-order valence-corrected chi connectivity index (χ3v) is 4.44. The van der Waals surface area contributed by atoms with Gasteiger partial charge in [-0.05, 0) is 52.3 Å². The Hall–Kier alpha value is -2.57. The van der Waals surface area contributed by atoms with Gasteiger partial charge in [-0.2, -0.15) is 0 Å². The minimum absolute atomic E-state index is 0.280. The second kappa shape index (κ2) is 6.38. The number of anilines is 1. The van der Waals surface area contributed by atoms with Crippen LogP contribution in [0.4, 0.5) is 5.69 Å². The zero-order chi connectivity index (χ0) is 17.4. The SMILES string of the molecule is O=C(Nc1ccccc1Cl)c1cccc2[nH]c(-c3ccc(Br)o3)nc12. The molecule has 5 nitrogen and oxygen atoms in total. The molecule has 0 aliphatic carbocycles. The first-order valence-electron chi connectivity index (χ1n) is 7.42. The largest absolute Gasteiger partial charge is 0.446 e. The second-order valence-corrected chi connectivity index (χ2v) is 6.51. The van der Waals surface area contributed by atoms with Crippen molar-refractivity contribution in [1.82, 2.24) is 9.97 Å². The Morgan fingerprint density at radius 3 is 2.72 bits per heavy atom. The predicted octanol–water partition coefficient (Wildman–Crippen LogP) is 5.49. The molecule has 2 aromatic carbocycles. The molecule has 0 bridgehead atoms. The Labute approximate surface area is 156 Å². The van der Waals surface area contributed by atoms with E-state index in [1.807, 2.05) is 12.1 Å². The summed E-state index contributed by atoms with van der Waals surface area (Å²) >= 11 is 9.38. The molecule has 124 valence electrons. The van der Waals surface area contributed by atoms with Crippen LogP contribution in [-0.4, -0.2) is 15.9 Å². The van der Waals surface area contributed by atoms with Crippen molar-refractivity contribution < 1.29 is 9.21 Å². The summed E-state index contributed by atoms with van der Waals surface area (Å²) < 4.78 is 6.13. The molecule has 0 fully saturated rings. The van der Waals surface area contributed by atoms with Crippen LogP contribution in [0.25, 0.3) is 22.6 Å². The van der Waals surface area contributed by atoms with Gasteiger partial charge in [0.05, 0.1) is 21.8 Å². The molecule has 1 amide bonds. The van der Waals surface area contributed by atoms with Crippen molar-refractivity contribution in [2.75, 3.05) is 5.32 Å². The number of halogens is 2. The van der Waals surface area contributed by atoms with Gasteiger partial charge in [0, 0.05) is 0 Å². The number of rotatable bonds is 3. The summed E-state index contributed by atoms with van der Waals surface area (Å²) in [6, 6.07) is 16.0. The lowest BCUT2D eigenvalue weighted by molar-refractivity contribution is 0.102. The zero-order valence-corrected chi connectivity index (χ0v) is 15.1. The number of nitrogens with one attached hydrogen (secondary N) is 2. The van der Waals surface area contributed by atoms with E-state index >= 15 is 0 Å². The lowest BCUT2D eigenvalue weighted by Crippen LogP contribution is -2.12. The molecule has 0 unspecified atom stereocenters. The Bertz CT molecular complexity index is 1090. The first-order chi connectivity index (χ1) is 12.1. The lowest BCUT2D eigenvalue weighted by atomic mass is 10.1. The van der Waals surface area contributed by atoms with Gasteiger partial charge < -0.3 is 14.7 Å². The summed E-state index contributed by atoms with van der Waals surface area (Å²) in [6.45, 7) is 0. The predicted molar refractivity (Wildman–Crippen MR) is 101 cm³/mol. The van der Waals surface area contributed by atoms with Gasteiger partial charge in [-0.25, -0.2) is 4.98 Å². The number of para-hydroxylation sites is 2. The van der Waals surface area contributed by atoms with Crippen LogP contribution >= 0.6 is 27.5 Å². The van der Waals surface area contributed by atoms with Gasteiger partial charge in [0.1, 0.15) is 5.52 Å². The zero-order valence-electron chi connectivity index (χ0n) is 12.7. The van der Waals surface area contributed by atoms with E-state index in [1.165, 1.54) is 0 Å². The van der Waals surface area contributed by atoms with Crippen LogP contribution in [0.1, 0.15) is 10.4 Å². The maximum Gasteiger partial charge on any atom is 0.257 e. The standard InChI is InChI=1S/C18H11BrClN3O2/c19-15-9-8-14(25-15)17-21-13-7-3-4-10(16(13)23-17)18(24)22-12-6-2-1-5-11(12)20/h1-9H,(H,21,23)(H,22,24). The molecule has 0 aliphatic heterocycles. The number of imidazole rings is 1. The number of amides is 1. The highest BCUT2D eigenvalue weighted by atomic mass is 79.9. The fourth-order valence-corrected chi connectivity index (χ4v) is 3.02. The van der Waals surface area contributed by atoms with E-state index < -0.39 is 0 Å². The molecule has 25 heavy (non-hydrogen) atoms. The van der Waals surface area contributed by atoms with E-state index in [4.69, 9.17) is 16.0 Å². The molecule has 0 saturated heterocycles. The summed E-state index contributed by atoms with van der Waals surface area (Å²) in [5.74, 6) is 0.858. The Kier molecular flexibility index (Phi) is 4.07. The number of aromatic nitrogens is 2. The summed E-state index contributed by atoms with van der Waals surface area (Å²) in [5.41, 5.74) is 2.31. The monoisotopic (exact) mass is 415 g/mol. The maximum absolute atomic E-state index is 12.7. The number of fused-ring (bicyclic) bond motifs is 1. The Balaban J connectivity index is 1.73. The van der Waals surface area contributed by atoms with Crippen molar-refractivity contribution in [1.29, 1.82) is 0 Å². The minimum Gasteiger partial charge on any atom is -0.446 e. The first kappa shape index (κ1) is 15.9. The topological polar surface area (TPSA) is 70.9 Å². The number of benzene rings is 2. The molecule has 2 N–H and O–H groups in total. The summed E-state index contributed by atoms with van der Waals surface area (Å²) in [4.78, 5) is 20.4. The molecule has 0 spiro atoms. The van der Waals surface area contributed by atoms with E-state index in [-0.39, 0.29) is 5.91 Å². The lowest BCUT2D eigenvalue weighted by Gasteiger charge is -2.07. The average molecular weight is 417 g/mol. The van der Waals surface area contributed by atoms with Crippen molar-refractivity contribution in [3.63, 3.8) is 0 Å². The number of furan rings is 1. The molecule has 0 atom stereocenters. The normalized spacial score (nSPS) is 11.0. The van der Waals surface area contributed by atoms with Crippen LogP contribution in [0.2, 0.25) is 5.02 Å². The molecule has 2 aromatic heterocycles. The fraction of sp³-hybridized carbons (Fsp3) is 0. The van der Waals surface area contributed by atoms with Crippen LogP contribution in [0.5, 0.6) is 0 Å². The number of carbonyl (C=O) groups is 1. The van der Waals surface area contributed by atoms with Crippen molar-refractivity contribution in [2.45, 2.75) is 0 Å². The van der Waals surface area contributed by atoms with Crippen LogP contribution in [0.15, 0.2) is 63.7 Å². The van der Waals surface area contributed by atoms with Gasteiger partial charge in [0.2, 0.25) is 0 Å². The van der Waals surface area contributed by atoms with Gasteiger partial charge in [0.25, 0.3) is 5.91 Å². The highest BCUT2D eigenvalue weighted by Crippen LogP contribution is 2.27. The quantitative estimate of drug-likeness (QED) is 0.464. The summed E-state index contributed by atoms with van der Waals surface area (Å²) in [7, 11) is 0. The second-order valence-electron chi connectivity index (χ2n) is 5.32. The highest BCUT2D eigenvalue weighted by Gasteiger charge is 2.16. The fourth-order valence-electron chi connectivity index (χ4n) is 2.53. The number of H-pyrrole nitrogens is 1. The van der Waals surface area contributed by atoms with E-state index in [1.54, 1.807) is 42.5 Å². The van der Waals surface area contributed by atoms with Gasteiger partial charge in [-0.1, -0.05) is 29.8 Å². The number of carbonyl (C=O) groups excluding carboxylic acids is 1. The highest BCUT2D eigenvalue weighted by molar-refractivity contribution is 9.10. The first-order valence-corrected chi connectivity index (χ1v) is 8.59. The van der Waals surface area contributed by atoms with Crippen LogP contribution < -0.4 is 5.32 Å². The van der Waals surface area contributed by atoms with Crippen molar-refractivity contribution in [3.05, 3.63) is 69.9 Å². The maximum atomic E-state index is 12.7. The molecule has 2 heterocycles. The summed E-state index contributed by atoms with van der Waals surface area (Å²) in [5, 5.41) is 3.29. The molecular weight excluding hydrogens is 406 g/mol. The van der Waals surface area contributed by atoms with E-state index in [9.17, 15) is 4.79 Å². The van der Waals surface area contributed by atoms with E-state index in [0.29, 0.717) is 38.0 Å². The van der Waals surface area contributed by atoms with Gasteiger partial charge in [-0.3, -0.25) is 4.79 Å². The number of aromatic amines is 1. The minimum atomic E-state index is -0.280. The van der Waals surface area contributed by atoms with Crippen molar-refractivity contribution >= 4 is 50.2 Å². The van der Waals surface area contributed by atoms with Crippen molar-refractivity contribution in [2.24, 2.45) is 0 Å². The number of hydrogen-bond donors (Lipinski definition) is 2. The van der Waals surface area contributed by atoms with E-state index in [2.05, 4.69) is 31.2 Å². The third kappa shape index (κ3) is 3.06. The van der Waals surface area contributed by atoms with Gasteiger partial charge >= 0.3 is 0 Å². The molecule has 7 heteroatoms. The number of nitrogens with zero attached hydrogens (tertiary/aromatic N) is 1. The van der Waals surface area contributed by atoms with Crippen molar-refractivity contribution in [3.8, 4) is 11.6 Å². The summed E-state index contributed by atoms with van der Waals surface area (Å²) in [6.07, 6.45) is 0. The van der Waals surface area contributed by atoms with Gasteiger partial charge in [-0.15, -0.1) is 0 Å². The van der Waals surface area contributed by atoms with Crippen LogP contribution in [-0.2, 0) is 0 Å². The Morgan fingerprint density at radius 1 is 1.12 bits per heavy atom. The molecule has 0 aliphatic rings. The van der Waals surface area contributed by atoms with E-state index in [0.717, 1.165) is 5.52 Å². The van der Waals surface area contributed by atoms with Crippen LogP contribution in [0, 0.1) is 0 Å². The van der Waals surface area contributed by atoms with Gasteiger partial charge in [0.15, 0.2) is 16.3 Å². The van der Waals surface area contributed by atoms with Crippen LogP contribution in [0.3, 0.4) is 0 Å². The average Bonchev–Trinajstić information content (AvgIpc) is 3.22. The molecule has 4 rings (SSSR count). The number of hydrogen-bond acceptors (Lipinski definition) is 3. The smallest absolute Gasteiger partial charge is 0.257 e. The molecule has 0 saturated carbocycles. The molecule has 0 radical (unpaired) electrons. The molecular formula is C18H11BrClN3O2. The Morgan fingerprint density at radius 2 is 1.96 bits per heavy atom.